The van der Waals surface area contributed by atoms with Gasteiger partial charge in [-0.1, -0.05) is 67.3 Å². The number of benzene rings is 1. The molecule has 0 aliphatic heterocycles. The third-order valence-corrected chi connectivity index (χ3v) is 2.51. The first-order valence-electron chi connectivity index (χ1n) is 6.04. The monoisotopic (exact) mass is 254 g/mol. The fraction of sp³-hybridized carbons (Fsp3) is 0.118. The minimum atomic E-state index is -0.356. The molecule has 0 saturated carbocycles. The predicted molar refractivity (Wildman–Crippen MR) is 79.5 cm³/mol. The van der Waals surface area contributed by atoms with Crippen molar-refractivity contribution in [1.29, 1.82) is 0 Å². The lowest BCUT2D eigenvalue weighted by Crippen LogP contribution is -2.05. The lowest BCUT2D eigenvalue weighted by atomic mass is 9.99. The highest BCUT2D eigenvalue weighted by Gasteiger charge is 2.12. The number of hydrogen-bond donors (Lipinski definition) is 0. The standard InChI is InChI=1S/C17H18O2/c1-4-6-13-15(14-11-8-7-9-12-14)16(10-5-2)17(18)19-3/h4-13H,1H2,2-3H3. The first-order valence-corrected chi connectivity index (χ1v) is 6.04. The Hall–Kier alpha value is -2.35. The molecule has 98 valence electrons. The second kappa shape index (κ2) is 7.88. The third-order valence-electron chi connectivity index (χ3n) is 2.51. The summed E-state index contributed by atoms with van der Waals surface area (Å²) >= 11 is 0. The maximum atomic E-state index is 11.9. The molecule has 1 aromatic rings. The minimum absolute atomic E-state index is 0.356. The highest BCUT2D eigenvalue weighted by molar-refractivity contribution is 6.02. The number of hydrogen-bond acceptors (Lipinski definition) is 2. The summed E-state index contributed by atoms with van der Waals surface area (Å²) in [5.74, 6) is -0.356. The minimum Gasteiger partial charge on any atom is -0.465 e. The molecule has 0 radical (unpaired) electrons. The average Bonchev–Trinajstić information content (AvgIpc) is 2.46. The fourth-order valence-electron chi connectivity index (χ4n) is 1.67. The summed E-state index contributed by atoms with van der Waals surface area (Å²) in [5.41, 5.74) is 2.29. The van der Waals surface area contributed by atoms with E-state index in [0.29, 0.717) is 5.57 Å². The molecule has 1 rings (SSSR count). The molecular weight excluding hydrogens is 236 g/mol. The van der Waals surface area contributed by atoms with E-state index < -0.39 is 0 Å². The SMILES string of the molecule is C=CC=CC(=C(C=CC)C(=O)OC)c1ccccc1. The molecule has 0 atom stereocenters. The molecule has 0 unspecified atom stereocenters. The average molecular weight is 254 g/mol. The van der Waals surface area contributed by atoms with Crippen LogP contribution in [0.4, 0.5) is 0 Å². The van der Waals surface area contributed by atoms with Gasteiger partial charge in [0.1, 0.15) is 0 Å². The fourth-order valence-corrected chi connectivity index (χ4v) is 1.67. The normalized spacial score (nSPS) is 12.5. The van der Waals surface area contributed by atoms with Crippen LogP contribution in [-0.2, 0) is 9.53 Å². The molecule has 19 heavy (non-hydrogen) atoms. The van der Waals surface area contributed by atoms with Gasteiger partial charge in [0, 0.05) is 0 Å². The zero-order valence-corrected chi connectivity index (χ0v) is 11.3. The smallest absolute Gasteiger partial charge is 0.338 e. The van der Waals surface area contributed by atoms with Gasteiger partial charge in [-0.05, 0) is 18.1 Å². The molecule has 2 nitrogen and oxygen atoms in total. The van der Waals surface area contributed by atoms with Crippen molar-refractivity contribution in [2.24, 2.45) is 0 Å². The molecule has 2 heteroatoms. The highest BCUT2D eigenvalue weighted by atomic mass is 16.5. The van der Waals surface area contributed by atoms with E-state index in [1.54, 1.807) is 18.2 Å². The molecule has 0 aromatic heterocycles. The van der Waals surface area contributed by atoms with Crippen LogP contribution in [0.1, 0.15) is 12.5 Å². The third kappa shape index (κ3) is 4.11. The lowest BCUT2D eigenvalue weighted by Gasteiger charge is -2.08. The van der Waals surface area contributed by atoms with E-state index in [0.717, 1.165) is 11.1 Å². The Kier molecular flexibility index (Phi) is 6.10. The van der Waals surface area contributed by atoms with E-state index in [4.69, 9.17) is 4.74 Å². The van der Waals surface area contributed by atoms with Gasteiger partial charge < -0.3 is 4.74 Å². The van der Waals surface area contributed by atoms with E-state index >= 15 is 0 Å². The van der Waals surface area contributed by atoms with Gasteiger partial charge >= 0.3 is 5.97 Å². The molecular formula is C17H18O2. The zero-order chi connectivity index (χ0) is 14.1. The Labute approximate surface area is 114 Å². The summed E-state index contributed by atoms with van der Waals surface area (Å²) in [6.07, 6.45) is 8.90. The first kappa shape index (κ1) is 14.7. The number of allylic oxidation sites excluding steroid dienone is 5. The van der Waals surface area contributed by atoms with Crippen molar-refractivity contribution in [3.05, 3.63) is 78.4 Å². The number of esters is 1. The largest absolute Gasteiger partial charge is 0.465 e. The van der Waals surface area contributed by atoms with Crippen molar-refractivity contribution in [3.8, 4) is 0 Å². The van der Waals surface area contributed by atoms with Gasteiger partial charge in [-0.2, -0.15) is 0 Å². The Morgan fingerprint density at radius 1 is 1.21 bits per heavy atom. The summed E-state index contributed by atoms with van der Waals surface area (Å²) in [5, 5.41) is 0. The van der Waals surface area contributed by atoms with E-state index in [1.165, 1.54) is 7.11 Å². The number of carbonyl (C=O) groups is 1. The van der Waals surface area contributed by atoms with Crippen molar-refractivity contribution in [3.63, 3.8) is 0 Å². The van der Waals surface area contributed by atoms with Crippen LogP contribution in [0.2, 0.25) is 0 Å². The first-order chi connectivity index (χ1) is 9.24. The van der Waals surface area contributed by atoms with E-state index in [1.807, 2.05) is 49.4 Å². The van der Waals surface area contributed by atoms with Gasteiger partial charge in [0.05, 0.1) is 12.7 Å². The van der Waals surface area contributed by atoms with Crippen LogP contribution in [-0.4, -0.2) is 13.1 Å². The van der Waals surface area contributed by atoms with Gasteiger partial charge in [0.2, 0.25) is 0 Å². The maximum Gasteiger partial charge on any atom is 0.338 e. The van der Waals surface area contributed by atoms with Gasteiger partial charge in [-0.3, -0.25) is 0 Å². The molecule has 0 N–H and O–H groups in total. The van der Waals surface area contributed by atoms with Crippen LogP contribution >= 0.6 is 0 Å². The Morgan fingerprint density at radius 3 is 2.42 bits per heavy atom. The zero-order valence-electron chi connectivity index (χ0n) is 11.3. The van der Waals surface area contributed by atoms with E-state index in [2.05, 4.69) is 6.58 Å². The molecule has 0 heterocycles. The van der Waals surface area contributed by atoms with E-state index in [-0.39, 0.29) is 5.97 Å². The molecule has 0 saturated heterocycles. The quantitative estimate of drug-likeness (QED) is 0.452. The van der Waals surface area contributed by atoms with Crippen LogP contribution < -0.4 is 0 Å². The Bertz CT molecular complexity index is 519. The molecule has 0 fully saturated rings. The molecule has 0 amide bonds. The number of rotatable bonds is 5. The number of ether oxygens (including phenoxy) is 1. The summed E-state index contributed by atoms with van der Waals surface area (Å²) in [6.45, 7) is 5.52. The summed E-state index contributed by atoms with van der Waals surface area (Å²) < 4.78 is 4.84. The molecule has 0 spiro atoms. The summed E-state index contributed by atoms with van der Waals surface area (Å²) in [7, 11) is 1.38. The molecule has 0 aliphatic carbocycles. The highest BCUT2D eigenvalue weighted by Crippen LogP contribution is 2.22. The number of methoxy groups -OCH3 is 1. The Morgan fingerprint density at radius 2 is 1.89 bits per heavy atom. The predicted octanol–water partition coefficient (Wildman–Crippen LogP) is 3.93. The number of carbonyl (C=O) groups excluding carboxylic acids is 1. The van der Waals surface area contributed by atoms with Crippen molar-refractivity contribution < 1.29 is 9.53 Å². The molecule has 0 aliphatic rings. The van der Waals surface area contributed by atoms with Crippen molar-refractivity contribution >= 4 is 11.5 Å². The van der Waals surface area contributed by atoms with Gasteiger partial charge in [-0.15, -0.1) is 0 Å². The van der Waals surface area contributed by atoms with Gasteiger partial charge in [-0.25, -0.2) is 4.79 Å². The van der Waals surface area contributed by atoms with Crippen LogP contribution in [0.3, 0.4) is 0 Å². The topological polar surface area (TPSA) is 26.3 Å². The second-order valence-corrected chi connectivity index (χ2v) is 3.78. The van der Waals surface area contributed by atoms with Crippen LogP contribution in [0, 0.1) is 0 Å². The lowest BCUT2D eigenvalue weighted by molar-refractivity contribution is -0.135. The van der Waals surface area contributed by atoms with Crippen LogP contribution in [0.25, 0.3) is 5.57 Å². The van der Waals surface area contributed by atoms with Crippen LogP contribution in [0.15, 0.2) is 72.9 Å². The van der Waals surface area contributed by atoms with Gasteiger partial charge in [0.15, 0.2) is 0 Å². The summed E-state index contributed by atoms with van der Waals surface area (Å²) in [4.78, 5) is 11.9. The van der Waals surface area contributed by atoms with Crippen molar-refractivity contribution in [1.82, 2.24) is 0 Å². The second-order valence-electron chi connectivity index (χ2n) is 3.78. The van der Waals surface area contributed by atoms with E-state index in [9.17, 15) is 4.79 Å². The van der Waals surface area contributed by atoms with Crippen LogP contribution in [0.5, 0.6) is 0 Å². The van der Waals surface area contributed by atoms with Crippen molar-refractivity contribution in [2.45, 2.75) is 6.92 Å². The maximum absolute atomic E-state index is 11.9. The Balaban J connectivity index is 3.46. The summed E-state index contributed by atoms with van der Waals surface area (Å²) in [6, 6.07) is 9.71. The molecule has 0 bridgehead atoms. The van der Waals surface area contributed by atoms with Gasteiger partial charge in [0.25, 0.3) is 0 Å². The van der Waals surface area contributed by atoms with Crippen molar-refractivity contribution in [2.75, 3.05) is 7.11 Å². The molecule has 1 aromatic carbocycles.